The van der Waals surface area contributed by atoms with Gasteiger partial charge in [-0.1, -0.05) is 17.7 Å². The van der Waals surface area contributed by atoms with Crippen molar-refractivity contribution in [3.05, 3.63) is 29.3 Å². The third-order valence-electron chi connectivity index (χ3n) is 4.14. The predicted octanol–water partition coefficient (Wildman–Crippen LogP) is 3.01. The first kappa shape index (κ1) is 16.8. The van der Waals surface area contributed by atoms with E-state index in [1.54, 1.807) is 0 Å². The maximum Gasteiger partial charge on any atom is 0.257 e. The molecule has 1 fully saturated rings. The van der Waals surface area contributed by atoms with Gasteiger partial charge < -0.3 is 14.8 Å². The van der Waals surface area contributed by atoms with Crippen LogP contribution in [0.25, 0.3) is 0 Å². The Hall–Kier alpha value is -1.55. The lowest BCUT2D eigenvalue weighted by atomic mass is 9.95. The molecule has 1 saturated heterocycles. The zero-order valence-electron chi connectivity index (χ0n) is 13.7. The van der Waals surface area contributed by atoms with Crippen LogP contribution in [0.5, 0.6) is 5.75 Å². The fourth-order valence-corrected chi connectivity index (χ4v) is 2.81. The number of hydrogen-bond donors (Lipinski definition) is 1. The molecule has 0 radical (unpaired) electrons. The van der Waals surface area contributed by atoms with Crippen molar-refractivity contribution in [1.29, 1.82) is 0 Å². The second-order valence-corrected chi connectivity index (χ2v) is 6.11. The zero-order chi connectivity index (χ0) is 15.8. The summed E-state index contributed by atoms with van der Waals surface area (Å²) in [7, 11) is 0. The van der Waals surface area contributed by atoms with E-state index in [2.05, 4.69) is 11.4 Å². The molecule has 0 aromatic heterocycles. The topological polar surface area (TPSA) is 47.6 Å². The van der Waals surface area contributed by atoms with Gasteiger partial charge in [0.2, 0.25) is 0 Å². The lowest BCUT2D eigenvalue weighted by molar-refractivity contribution is -0.123. The number of benzene rings is 1. The van der Waals surface area contributed by atoms with Crippen LogP contribution in [0.2, 0.25) is 0 Å². The number of carbonyl (C=O) groups excluding carboxylic acids is 1. The van der Waals surface area contributed by atoms with Crippen LogP contribution in [0.15, 0.2) is 18.2 Å². The quantitative estimate of drug-likeness (QED) is 0.788. The molecular weight excluding hydrogens is 278 g/mol. The van der Waals surface area contributed by atoms with E-state index in [4.69, 9.17) is 9.47 Å². The maximum atomic E-state index is 11.8. The first-order valence-electron chi connectivity index (χ1n) is 8.19. The average Bonchev–Trinajstić information content (AvgIpc) is 2.52. The summed E-state index contributed by atoms with van der Waals surface area (Å²) in [5.41, 5.74) is 2.26. The Labute approximate surface area is 133 Å². The van der Waals surface area contributed by atoms with Crippen LogP contribution in [0.3, 0.4) is 0 Å². The smallest absolute Gasteiger partial charge is 0.257 e. The first-order chi connectivity index (χ1) is 10.6. The van der Waals surface area contributed by atoms with Gasteiger partial charge in [0.1, 0.15) is 5.75 Å². The molecule has 0 unspecified atom stereocenters. The molecule has 0 bridgehead atoms. The van der Waals surface area contributed by atoms with Crippen molar-refractivity contribution < 1.29 is 14.3 Å². The summed E-state index contributed by atoms with van der Waals surface area (Å²) in [5.74, 6) is 1.49. The van der Waals surface area contributed by atoms with Crippen molar-refractivity contribution in [2.45, 2.75) is 39.5 Å². The fourth-order valence-electron chi connectivity index (χ4n) is 2.81. The Morgan fingerprint density at radius 1 is 1.32 bits per heavy atom. The minimum atomic E-state index is -0.0491. The molecule has 1 heterocycles. The molecule has 122 valence electrons. The van der Waals surface area contributed by atoms with E-state index in [9.17, 15) is 4.79 Å². The minimum absolute atomic E-state index is 0.0491. The summed E-state index contributed by atoms with van der Waals surface area (Å²) >= 11 is 0. The van der Waals surface area contributed by atoms with Crippen LogP contribution in [-0.2, 0) is 9.53 Å². The van der Waals surface area contributed by atoms with E-state index in [-0.39, 0.29) is 12.5 Å². The number of ether oxygens (including phenoxy) is 2. The van der Waals surface area contributed by atoms with Gasteiger partial charge in [-0.25, -0.2) is 0 Å². The third kappa shape index (κ3) is 5.68. The lowest BCUT2D eigenvalue weighted by Gasteiger charge is -2.21. The number of carbonyl (C=O) groups is 1. The van der Waals surface area contributed by atoms with E-state index in [0.29, 0.717) is 0 Å². The van der Waals surface area contributed by atoms with Crippen molar-refractivity contribution in [1.82, 2.24) is 5.32 Å². The molecule has 1 amide bonds. The van der Waals surface area contributed by atoms with Gasteiger partial charge in [0, 0.05) is 19.8 Å². The highest BCUT2D eigenvalue weighted by Gasteiger charge is 2.13. The minimum Gasteiger partial charge on any atom is -0.484 e. The van der Waals surface area contributed by atoms with Gasteiger partial charge >= 0.3 is 0 Å². The van der Waals surface area contributed by atoms with Crippen LogP contribution in [0.1, 0.15) is 36.8 Å². The van der Waals surface area contributed by atoms with Gasteiger partial charge in [0.05, 0.1) is 0 Å². The molecule has 0 spiro atoms. The summed E-state index contributed by atoms with van der Waals surface area (Å²) in [4.78, 5) is 11.8. The van der Waals surface area contributed by atoms with Gasteiger partial charge in [-0.05, 0) is 57.1 Å². The second-order valence-electron chi connectivity index (χ2n) is 6.11. The molecule has 0 aliphatic carbocycles. The highest BCUT2D eigenvalue weighted by atomic mass is 16.5. The summed E-state index contributed by atoms with van der Waals surface area (Å²) in [6.45, 7) is 6.63. The molecule has 22 heavy (non-hydrogen) atoms. The Balaban J connectivity index is 1.59. The SMILES string of the molecule is Cc1ccc(OCC(=O)NCCCC2CCOCC2)c(C)c1. The van der Waals surface area contributed by atoms with Crippen molar-refractivity contribution in [3.8, 4) is 5.75 Å². The molecule has 1 aromatic rings. The van der Waals surface area contributed by atoms with Gasteiger partial charge in [-0.15, -0.1) is 0 Å². The monoisotopic (exact) mass is 305 g/mol. The summed E-state index contributed by atoms with van der Waals surface area (Å²) < 4.78 is 10.9. The Morgan fingerprint density at radius 3 is 2.82 bits per heavy atom. The van der Waals surface area contributed by atoms with Crippen LogP contribution >= 0.6 is 0 Å². The molecule has 4 heteroatoms. The number of rotatable bonds is 7. The van der Waals surface area contributed by atoms with E-state index in [1.807, 2.05) is 26.0 Å². The van der Waals surface area contributed by atoms with E-state index >= 15 is 0 Å². The molecule has 1 aromatic carbocycles. The van der Waals surface area contributed by atoms with Crippen molar-refractivity contribution in [3.63, 3.8) is 0 Å². The molecular formula is C18H27NO3. The van der Waals surface area contributed by atoms with Crippen LogP contribution in [0, 0.1) is 19.8 Å². The maximum absolute atomic E-state index is 11.8. The number of aryl methyl sites for hydroxylation is 2. The first-order valence-corrected chi connectivity index (χ1v) is 8.19. The van der Waals surface area contributed by atoms with Crippen molar-refractivity contribution in [2.75, 3.05) is 26.4 Å². The molecule has 0 atom stereocenters. The Kier molecular flexibility index (Phi) is 6.72. The van der Waals surface area contributed by atoms with E-state index < -0.39 is 0 Å². The Morgan fingerprint density at radius 2 is 2.09 bits per heavy atom. The molecule has 1 N–H and O–H groups in total. The summed E-state index contributed by atoms with van der Waals surface area (Å²) in [6.07, 6.45) is 4.51. The van der Waals surface area contributed by atoms with Crippen molar-refractivity contribution in [2.24, 2.45) is 5.92 Å². The number of hydrogen-bond acceptors (Lipinski definition) is 3. The lowest BCUT2D eigenvalue weighted by Crippen LogP contribution is -2.30. The molecule has 2 rings (SSSR count). The third-order valence-corrected chi connectivity index (χ3v) is 4.14. The summed E-state index contributed by atoms with van der Waals surface area (Å²) in [6, 6.07) is 5.97. The average molecular weight is 305 g/mol. The van der Waals surface area contributed by atoms with Crippen LogP contribution < -0.4 is 10.1 Å². The Bertz CT molecular complexity index is 481. The van der Waals surface area contributed by atoms with Gasteiger partial charge in [0.15, 0.2) is 6.61 Å². The highest BCUT2D eigenvalue weighted by Crippen LogP contribution is 2.20. The van der Waals surface area contributed by atoms with E-state index in [1.165, 1.54) is 12.0 Å². The predicted molar refractivity (Wildman–Crippen MR) is 87.2 cm³/mol. The normalized spacial score (nSPS) is 15.5. The number of amides is 1. The summed E-state index contributed by atoms with van der Waals surface area (Å²) in [5, 5.41) is 2.93. The largest absolute Gasteiger partial charge is 0.484 e. The second kappa shape index (κ2) is 8.79. The van der Waals surface area contributed by atoms with Gasteiger partial charge in [0.25, 0.3) is 5.91 Å². The van der Waals surface area contributed by atoms with E-state index in [0.717, 1.165) is 56.3 Å². The molecule has 4 nitrogen and oxygen atoms in total. The molecule has 0 saturated carbocycles. The molecule has 1 aliphatic heterocycles. The number of nitrogens with one attached hydrogen (secondary N) is 1. The van der Waals surface area contributed by atoms with Crippen LogP contribution in [-0.4, -0.2) is 32.3 Å². The molecule has 1 aliphatic rings. The van der Waals surface area contributed by atoms with Crippen molar-refractivity contribution >= 4 is 5.91 Å². The van der Waals surface area contributed by atoms with Gasteiger partial charge in [-0.3, -0.25) is 4.79 Å². The fraction of sp³-hybridized carbons (Fsp3) is 0.611. The zero-order valence-corrected chi connectivity index (χ0v) is 13.7. The standard InChI is InChI=1S/C18H27NO3/c1-14-5-6-17(15(2)12-14)22-13-18(20)19-9-3-4-16-7-10-21-11-8-16/h5-6,12,16H,3-4,7-11,13H2,1-2H3,(H,19,20). The van der Waals surface area contributed by atoms with Crippen LogP contribution in [0.4, 0.5) is 0 Å². The highest BCUT2D eigenvalue weighted by molar-refractivity contribution is 5.77. The van der Waals surface area contributed by atoms with Gasteiger partial charge in [-0.2, -0.15) is 0 Å².